The molecule has 32 heavy (non-hydrogen) atoms. The molecule has 1 unspecified atom stereocenters. The van der Waals surface area contributed by atoms with Crippen molar-refractivity contribution in [1.82, 2.24) is 0 Å². The minimum absolute atomic E-state index is 0.0203. The highest BCUT2D eigenvalue weighted by atomic mass is 16.6. The van der Waals surface area contributed by atoms with Crippen LogP contribution in [0, 0.1) is 10.1 Å². The Hall–Kier alpha value is -3.89. The van der Waals surface area contributed by atoms with Crippen molar-refractivity contribution in [3.63, 3.8) is 0 Å². The Morgan fingerprint density at radius 1 is 1.06 bits per heavy atom. The van der Waals surface area contributed by atoms with E-state index in [4.69, 9.17) is 18.9 Å². The van der Waals surface area contributed by atoms with Gasteiger partial charge in [-0.25, -0.2) is 9.59 Å². The number of nitro groups is 1. The number of hydrogen-bond donors (Lipinski definition) is 0. The van der Waals surface area contributed by atoms with Crippen molar-refractivity contribution in [2.75, 3.05) is 26.9 Å². The normalized spacial score (nSPS) is 10.9. The first-order valence-corrected chi connectivity index (χ1v) is 9.50. The molecule has 0 N–H and O–H groups in total. The number of carbonyl (C=O) groups is 3. The monoisotopic (exact) mass is 451 g/mol. The van der Waals surface area contributed by atoms with E-state index in [0.29, 0.717) is 0 Å². The molecule has 11 heteroatoms. The molecule has 0 aliphatic carbocycles. The molecule has 0 amide bonds. The average molecular weight is 451 g/mol. The molecular formula is C21H25NO10. The molecular weight excluding hydrogens is 426 g/mol. The van der Waals surface area contributed by atoms with Gasteiger partial charge >= 0.3 is 17.9 Å². The minimum Gasteiger partial charge on any atom is -0.493 e. The number of rotatable bonds is 14. The van der Waals surface area contributed by atoms with Crippen LogP contribution < -0.4 is 9.47 Å². The lowest BCUT2D eigenvalue weighted by Crippen LogP contribution is -2.13. The van der Waals surface area contributed by atoms with E-state index in [-0.39, 0.29) is 55.4 Å². The first-order chi connectivity index (χ1) is 15.2. The van der Waals surface area contributed by atoms with Crippen LogP contribution in [0.4, 0.5) is 5.69 Å². The van der Waals surface area contributed by atoms with E-state index in [0.717, 1.165) is 12.2 Å². The summed E-state index contributed by atoms with van der Waals surface area (Å²) in [7, 11) is 1.36. The Kier molecular flexibility index (Phi) is 11.0. The second-order valence-electron chi connectivity index (χ2n) is 6.15. The summed E-state index contributed by atoms with van der Waals surface area (Å²) in [6.45, 7) is 7.89. The lowest BCUT2D eigenvalue weighted by atomic mass is 10.1. The largest absolute Gasteiger partial charge is 0.493 e. The van der Waals surface area contributed by atoms with Crippen LogP contribution in [0.3, 0.4) is 0 Å². The summed E-state index contributed by atoms with van der Waals surface area (Å²) in [6, 6.07) is 2.52. The van der Waals surface area contributed by atoms with Crippen LogP contribution in [0.2, 0.25) is 0 Å². The van der Waals surface area contributed by atoms with Gasteiger partial charge in [-0.1, -0.05) is 13.2 Å². The Labute approximate surface area is 184 Å². The highest BCUT2D eigenvalue weighted by Gasteiger charge is 2.25. The zero-order valence-electron chi connectivity index (χ0n) is 17.9. The Morgan fingerprint density at radius 2 is 1.72 bits per heavy atom. The predicted octanol–water partition coefficient (Wildman–Crippen LogP) is 2.83. The molecule has 1 aromatic rings. The van der Waals surface area contributed by atoms with Crippen LogP contribution in [-0.2, 0) is 28.6 Å². The van der Waals surface area contributed by atoms with E-state index in [1.54, 1.807) is 0 Å². The molecule has 1 atom stereocenters. The molecule has 0 fully saturated rings. The van der Waals surface area contributed by atoms with Crippen LogP contribution >= 0.6 is 0 Å². The zero-order chi connectivity index (χ0) is 24.1. The fourth-order valence-electron chi connectivity index (χ4n) is 2.43. The fraction of sp³-hybridized carbons (Fsp3) is 0.381. The third kappa shape index (κ3) is 8.46. The standard InChI is InChI=1S/C21H25NO10/c1-5-19(23)30-10-11-31-21(25)8-7-9-29-18-13-16(22(26)27)15(12-17(18)28-4)14(3)32-20(24)6-2/h5-6,12-14H,1-2,7-11H2,3-4H3. The van der Waals surface area contributed by atoms with E-state index in [9.17, 15) is 24.5 Å². The summed E-state index contributed by atoms with van der Waals surface area (Å²) in [5.74, 6) is -1.57. The number of methoxy groups -OCH3 is 1. The van der Waals surface area contributed by atoms with Gasteiger partial charge in [-0.05, 0) is 19.4 Å². The van der Waals surface area contributed by atoms with E-state index in [1.807, 2.05) is 0 Å². The Morgan fingerprint density at radius 3 is 2.31 bits per heavy atom. The van der Waals surface area contributed by atoms with Gasteiger partial charge in [-0.2, -0.15) is 0 Å². The van der Waals surface area contributed by atoms with Gasteiger partial charge in [0.15, 0.2) is 11.5 Å². The molecule has 0 aromatic heterocycles. The summed E-state index contributed by atoms with van der Waals surface area (Å²) in [5.41, 5.74) is -0.200. The minimum atomic E-state index is -0.927. The van der Waals surface area contributed by atoms with E-state index in [2.05, 4.69) is 17.9 Å². The third-order valence-electron chi connectivity index (χ3n) is 3.95. The highest BCUT2D eigenvalue weighted by molar-refractivity contribution is 5.81. The number of nitrogens with zero attached hydrogens (tertiary/aromatic N) is 1. The fourth-order valence-corrected chi connectivity index (χ4v) is 2.43. The van der Waals surface area contributed by atoms with Crippen molar-refractivity contribution < 1.29 is 43.0 Å². The Bertz CT molecular complexity index is 864. The van der Waals surface area contributed by atoms with Crippen molar-refractivity contribution in [2.24, 2.45) is 0 Å². The lowest BCUT2D eigenvalue weighted by Gasteiger charge is -2.16. The number of nitro benzene ring substituents is 1. The average Bonchev–Trinajstić information content (AvgIpc) is 2.78. The van der Waals surface area contributed by atoms with E-state index in [1.165, 1.54) is 26.2 Å². The molecule has 1 aromatic carbocycles. The molecule has 0 radical (unpaired) electrons. The van der Waals surface area contributed by atoms with Gasteiger partial charge in [-0.3, -0.25) is 14.9 Å². The molecule has 0 heterocycles. The first-order valence-electron chi connectivity index (χ1n) is 9.50. The highest BCUT2D eigenvalue weighted by Crippen LogP contribution is 2.38. The molecule has 0 bridgehead atoms. The van der Waals surface area contributed by atoms with Crippen LogP contribution in [0.1, 0.15) is 31.4 Å². The van der Waals surface area contributed by atoms with Crippen molar-refractivity contribution >= 4 is 23.6 Å². The van der Waals surface area contributed by atoms with Crippen LogP contribution in [0.25, 0.3) is 0 Å². The number of hydrogen-bond acceptors (Lipinski definition) is 10. The van der Waals surface area contributed by atoms with Crippen LogP contribution in [-0.4, -0.2) is 49.8 Å². The summed E-state index contributed by atoms with van der Waals surface area (Å²) >= 11 is 0. The smallest absolute Gasteiger partial charge is 0.330 e. The second kappa shape index (κ2) is 13.4. The van der Waals surface area contributed by atoms with Gasteiger partial charge in [0.2, 0.25) is 0 Å². The maximum Gasteiger partial charge on any atom is 0.330 e. The van der Waals surface area contributed by atoms with E-state index >= 15 is 0 Å². The summed E-state index contributed by atoms with van der Waals surface area (Å²) in [6.07, 6.45) is 1.31. The van der Waals surface area contributed by atoms with Gasteiger partial charge in [0.1, 0.15) is 19.3 Å². The second-order valence-corrected chi connectivity index (χ2v) is 6.15. The summed E-state index contributed by atoms with van der Waals surface area (Å²) < 4.78 is 25.4. The number of ether oxygens (including phenoxy) is 5. The van der Waals surface area contributed by atoms with Gasteiger partial charge in [0.05, 0.1) is 30.3 Å². The molecule has 11 nitrogen and oxygen atoms in total. The van der Waals surface area contributed by atoms with E-state index < -0.39 is 28.9 Å². The molecule has 0 aliphatic heterocycles. The van der Waals surface area contributed by atoms with Gasteiger partial charge < -0.3 is 23.7 Å². The molecule has 174 valence electrons. The lowest BCUT2D eigenvalue weighted by molar-refractivity contribution is -0.386. The molecule has 0 saturated carbocycles. The number of esters is 3. The quantitative estimate of drug-likeness (QED) is 0.103. The van der Waals surface area contributed by atoms with Gasteiger partial charge in [-0.15, -0.1) is 0 Å². The summed E-state index contributed by atoms with van der Waals surface area (Å²) in [4.78, 5) is 44.8. The Balaban J connectivity index is 2.69. The topological polar surface area (TPSA) is 140 Å². The third-order valence-corrected chi connectivity index (χ3v) is 3.95. The number of benzene rings is 1. The van der Waals surface area contributed by atoms with Gasteiger partial charge in [0.25, 0.3) is 5.69 Å². The van der Waals surface area contributed by atoms with Crippen molar-refractivity contribution in [2.45, 2.75) is 25.9 Å². The van der Waals surface area contributed by atoms with Crippen LogP contribution in [0.5, 0.6) is 11.5 Å². The van der Waals surface area contributed by atoms with Crippen molar-refractivity contribution in [3.05, 3.63) is 53.1 Å². The predicted molar refractivity (Wildman–Crippen MR) is 111 cm³/mol. The van der Waals surface area contributed by atoms with Crippen molar-refractivity contribution in [3.8, 4) is 11.5 Å². The maximum absolute atomic E-state index is 11.7. The van der Waals surface area contributed by atoms with Crippen LogP contribution in [0.15, 0.2) is 37.4 Å². The molecule has 0 aliphatic rings. The molecule has 0 saturated heterocycles. The SMILES string of the molecule is C=CC(=O)OCCOC(=O)CCCOc1cc([N+](=O)[O-])c(C(C)OC(=O)C=C)cc1OC. The van der Waals surface area contributed by atoms with Gasteiger partial charge in [0, 0.05) is 18.6 Å². The maximum atomic E-state index is 11.7. The first kappa shape index (κ1) is 26.1. The summed E-state index contributed by atoms with van der Waals surface area (Å²) in [5, 5.41) is 11.5. The molecule has 0 spiro atoms. The zero-order valence-corrected chi connectivity index (χ0v) is 17.9. The molecule has 1 rings (SSSR count). The van der Waals surface area contributed by atoms with Crippen molar-refractivity contribution in [1.29, 1.82) is 0 Å². The number of carbonyl (C=O) groups excluding carboxylic acids is 3.